The average Bonchev–Trinajstić information content (AvgIpc) is 2.29. The van der Waals surface area contributed by atoms with Gasteiger partial charge in [0.05, 0.1) is 13.5 Å². The van der Waals surface area contributed by atoms with Crippen molar-refractivity contribution in [2.45, 2.75) is 19.0 Å². The monoisotopic (exact) mass is 270 g/mol. The van der Waals surface area contributed by atoms with Crippen LogP contribution in [0.4, 0.5) is 13.2 Å². The Labute approximate surface area is 103 Å². The number of nitrogens with zero attached hydrogens (tertiary/aromatic N) is 1. The Morgan fingerprint density at radius 1 is 1.28 bits per heavy atom. The Hall–Kier alpha value is -1.31. The van der Waals surface area contributed by atoms with Gasteiger partial charge in [0.1, 0.15) is 6.54 Å². The molecule has 1 amide bonds. The van der Waals surface area contributed by atoms with Crippen molar-refractivity contribution in [2.75, 3.05) is 33.8 Å². The zero-order valence-corrected chi connectivity index (χ0v) is 10.3. The van der Waals surface area contributed by atoms with Gasteiger partial charge in [0.25, 0.3) is 0 Å². The Morgan fingerprint density at radius 3 is 2.33 bits per heavy atom. The van der Waals surface area contributed by atoms with Gasteiger partial charge in [0.2, 0.25) is 5.91 Å². The van der Waals surface area contributed by atoms with E-state index in [4.69, 9.17) is 0 Å². The second-order valence-corrected chi connectivity index (χ2v) is 3.61. The summed E-state index contributed by atoms with van der Waals surface area (Å²) >= 11 is 0. The highest BCUT2D eigenvalue weighted by atomic mass is 19.4. The molecule has 1 N–H and O–H groups in total. The van der Waals surface area contributed by atoms with Crippen LogP contribution in [-0.4, -0.2) is 56.7 Å². The standard InChI is InChI=1S/C10H17F3N2O3/c1-14-5-3-8(16)15(7-10(11,12)13)6-4-9(17)18-2/h14H,3-7H2,1-2H3. The smallest absolute Gasteiger partial charge is 0.406 e. The maximum absolute atomic E-state index is 12.3. The number of alkyl halides is 3. The van der Waals surface area contributed by atoms with Crippen LogP contribution in [0, 0.1) is 0 Å². The molecule has 0 spiro atoms. The molecule has 0 unspecified atom stereocenters. The lowest BCUT2D eigenvalue weighted by Gasteiger charge is -2.23. The molecule has 106 valence electrons. The number of ether oxygens (including phenoxy) is 1. The molecule has 0 heterocycles. The van der Waals surface area contributed by atoms with Crippen LogP contribution in [0.3, 0.4) is 0 Å². The second-order valence-electron chi connectivity index (χ2n) is 3.61. The number of hydrogen-bond donors (Lipinski definition) is 1. The number of hydrogen-bond acceptors (Lipinski definition) is 4. The van der Waals surface area contributed by atoms with Crippen LogP contribution in [-0.2, 0) is 14.3 Å². The highest BCUT2D eigenvalue weighted by molar-refractivity contribution is 5.77. The van der Waals surface area contributed by atoms with Crippen molar-refractivity contribution in [3.63, 3.8) is 0 Å². The largest absolute Gasteiger partial charge is 0.469 e. The molecule has 8 heteroatoms. The van der Waals surface area contributed by atoms with Crippen molar-refractivity contribution in [1.82, 2.24) is 10.2 Å². The summed E-state index contributed by atoms with van der Waals surface area (Å²) in [7, 11) is 2.73. The first-order chi connectivity index (χ1) is 8.30. The van der Waals surface area contributed by atoms with E-state index < -0.39 is 24.6 Å². The van der Waals surface area contributed by atoms with E-state index in [1.165, 1.54) is 0 Å². The molecule has 0 aliphatic rings. The van der Waals surface area contributed by atoms with Gasteiger partial charge in [-0.2, -0.15) is 13.2 Å². The SMILES string of the molecule is CNCCC(=O)N(CCC(=O)OC)CC(F)(F)F. The third-order valence-corrected chi connectivity index (χ3v) is 2.13. The molecule has 0 saturated heterocycles. The summed E-state index contributed by atoms with van der Waals surface area (Å²) in [5, 5.41) is 2.67. The molecule has 0 aromatic carbocycles. The summed E-state index contributed by atoms with van der Waals surface area (Å²) in [5.41, 5.74) is 0. The zero-order chi connectivity index (χ0) is 14.2. The van der Waals surface area contributed by atoms with Crippen LogP contribution in [0.5, 0.6) is 0 Å². The molecule has 0 rings (SSSR count). The lowest BCUT2D eigenvalue weighted by molar-refractivity contribution is -0.162. The van der Waals surface area contributed by atoms with Gasteiger partial charge in [-0.05, 0) is 7.05 Å². The average molecular weight is 270 g/mol. The maximum Gasteiger partial charge on any atom is 0.406 e. The van der Waals surface area contributed by atoms with Crippen molar-refractivity contribution in [2.24, 2.45) is 0 Å². The van der Waals surface area contributed by atoms with Crippen molar-refractivity contribution >= 4 is 11.9 Å². The summed E-state index contributed by atoms with van der Waals surface area (Å²) < 4.78 is 41.1. The predicted octanol–water partition coefficient (Wildman–Crippen LogP) is 0.550. The van der Waals surface area contributed by atoms with Crippen LogP contribution in [0.25, 0.3) is 0 Å². The first-order valence-corrected chi connectivity index (χ1v) is 5.36. The third kappa shape index (κ3) is 7.88. The van der Waals surface area contributed by atoms with Crippen LogP contribution < -0.4 is 5.32 Å². The normalized spacial score (nSPS) is 11.2. The van der Waals surface area contributed by atoms with Gasteiger partial charge in [-0.1, -0.05) is 0 Å². The van der Waals surface area contributed by atoms with Crippen LogP contribution in [0.2, 0.25) is 0 Å². The number of rotatable bonds is 7. The molecule has 0 aliphatic heterocycles. The zero-order valence-electron chi connectivity index (χ0n) is 10.3. The van der Waals surface area contributed by atoms with Gasteiger partial charge < -0.3 is 15.0 Å². The summed E-state index contributed by atoms with van der Waals surface area (Å²) in [5.74, 6) is -1.30. The van der Waals surface area contributed by atoms with Gasteiger partial charge >= 0.3 is 12.1 Å². The third-order valence-electron chi connectivity index (χ3n) is 2.13. The van der Waals surface area contributed by atoms with Crippen LogP contribution >= 0.6 is 0 Å². The van der Waals surface area contributed by atoms with E-state index in [-0.39, 0.29) is 25.9 Å². The second kappa shape index (κ2) is 7.91. The summed E-state index contributed by atoms with van der Waals surface area (Å²) in [6.07, 6.45) is -4.78. The lowest BCUT2D eigenvalue weighted by atomic mass is 10.3. The molecule has 0 fully saturated rings. The highest BCUT2D eigenvalue weighted by Crippen LogP contribution is 2.17. The number of amides is 1. The number of halogens is 3. The highest BCUT2D eigenvalue weighted by Gasteiger charge is 2.32. The van der Waals surface area contributed by atoms with Gasteiger partial charge in [0, 0.05) is 19.5 Å². The van der Waals surface area contributed by atoms with E-state index in [1.807, 2.05) is 0 Å². The molecule has 0 saturated carbocycles. The van der Waals surface area contributed by atoms with Gasteiger partial charge in [-0.3, -0.25) is 9.59 Å². The van der Waals surface area contributed by atoms with E-state index in [9.17, 15) is 22.8 Å². The lowest BCUT2D eigenvalue weighted by Crippen LogP contribution is -2.41. The van der Waals surface area contributed by atoms with Gasteiger partial charge in [-0.15, -0.1) is 0 Å². The summed E-state index contributed by atoms with van der Waals surface area (Å²) in [4.78, 5) is 23.0. The van der Waals surface area contributed by atoms with Crippen molar-refractivity contribution in [3.8, 4) is 0 Å². The fourth-order valence-electron chi connectivity index (χ4n) is 1.23. The van der Waals surface area contributed by atoms with E-state index in [2.05, 4.69) is 10.1 Å². The number of esters is 1. The van der Waals surface area contributed by atoms with Crippen molar-refractivity contribution in [3.05, 3.63) is 0 Å². The molecule has 0 aromatic rings. The van der Waals surface area contributed by atoms with E-state index in [0.29, 0.717) is 4.90 Å². The Morgan fingerprint density at radius 2 is 1.89 bits per heavy atom. The number of methoxy groups -OCH3 is 1. The number of carbonyl (C=O) groups excluding carboxylic acids is 2. The van der Waals surface area contributed by atoms with E-state index in [1.54, 1.807) is 7.05 Å². The maximum atomic E-state index is 12.3. The topological polar surface area (TPSA) is 58.6 Å². The van der Waals surface area contributed by atoms with E-state index in [0.717, 1.165) is 7.11 Å². The van der Waals surface area contributed by atoms with Gasteiger partial charge in [-0.25, -0.2) is 0 Å². The molecule has 5 nitrogen and oxygen atoms in total. The molecule has 0 atom stereocenters. The molecule has 0 bridgehead atoms. The summed E-state index contributed by atoms with van der Waals surface area (Å²) in [6.45, 7) is -1.37. The number of nitrogens with one attached hydrogen (secondary N) is 1. The number of carbonyl (C=O) groups is 2. The van der Waals surface area contributed by atoms with Crippen LogP contribution in [0.1, 0.15) is 12.8 Å². The quantitative estimate of drug-likeness (QED) is 0.686. The minimum Gasteiger partial charge on any atom is -0.469 e. The first-order valence-electron chi connectivity index (χ1n) is 5.36. The van der Waals surface area contributed by atoms with Crippen LogP contribution in [0.15, 0.2) is 0 Å². The summed E-state index contributed by atoms with van der Waals surface area (Å²) in [6, 6.07) is 0. The molecule has 18 heavy (non-hydrogen) atoms. The fourth-order valence-corrected chi connectivity index (χ4v) is 1.23. The predicted molar refractivity (Wildman–Crippen MR) is 57.8 cm³/mol. The molecule has 0 aliphatic carbocycles. The van der Waals surface area contributed by atoms with E-state index >= 15 is 0 Å². The van der Waals surface area contributed by atoms with Crippen molar-refractivity contribution in [1.29, 1.82) is 0 Å². The van der Waals surface area contributed by atoms with Crippen molar-refractivity contribution < 1.29 is 27.5 Å². The van der Waals surface area contributed by atoms with Gasteiger partial charge in [0.15, 0.2) is 0 Å². The fraction of sp³-hybridized carbons (Fsp3) is 0.800. The minimum absolute atomic E-state index is 0.0479. The molecular formula is C10H17F3N2O3. The first kappa shape index (κ1) is 16.7. The Kier molecular flexibility index (Phi) is 7.33. The Bertz CT molecular complexity index is 282. The molecular weight excluding hydrogens is 253 g/mol. The minimum atomic E-state index is -4.48. The molecule has 0 aromatic heterocycles. The Balaban J connectivity index is 4.41. The molecule has 0 radical (unpaired) electrons.